The summed E-state index contributed by atoms with van der Waals surface area (Å²) in [6.45, 7) is 0.531. The molecular formula is C15H15NO4. The van der Waals surface area contributed by atoms with Gasteiger partial charge >= 0.3 is 5.97 Å². The summed E-state index contributed by atoms with van der Waals surface area (Å²) < 4.78 is 1.53. The highest BCUT2D eigenvalue weighted by molar-refractivity contribution is 5.87. The van der Waals surface area contributed by atoms with Crippen molar-refractivity contribution in [2.75, 3.05) is 0 Å². The Labute approximate surface area is 115 Å². The lowest BCUT2D eigenvalue weighted by Crippen LogP contribution is -2.17. The van der Waals surface area contributed by atoms with Gasteiger partial charge in [0, 0.05) is 18.9 Å². The monoisotopic (exact) mass is 273 g/mol. The number of aryl methyl sites for hydroxylation is 2. The summed E-state index contributed by atoms with van der Waals surface area (Å²) in [7, 11) is 0. The van der Waals surface area contributed by atoms with Gasteiger partial charge in [-0.15, -0.1) is 0 Å². The first kappa shape index (κ1) is 13.9. The van der Waals surface area contributed by atoms with E-state index in [2.05, 4.69) is 0 Å². The van der Waals surface area contributed by atoms with E-state index in [9.17, 15) is 14.7 Å². The van der Waals surface area contributed by atoms with Gasteiger partial charge in [0.1, 0.15) is 5.56 Å². The lowest BCUT2D eigenvalue weighted by molar-refractivity contribution is 0.0693. The van der Waals surface area contributed by atoms with Gasteiger partial charge in [-0.25, -0.2) is 4.79 Å². The van der Waals surface area contributed by atoms with Crippen LogP contribution in [0.3, 0.4) is 0 Å². The molecule has 0 fully saturated rings. The average molecular weight is 273 g/mol. The van der Waals surface area contributed by atoms with Crippen molar-refractivity contribution in [1.82, 2.24) is 4.57 Å². The lowest BCUT2D eigenvalue weighted by atomic mass is 10.1. The topological polar surface area (TPSA) is 79.5 Å². The number of nitrogens with zero attached hydrogens (tertiary/aromatic N) is 1. The molecule has 0 saturated heterocycles. The molecule has 5 heteroatoms. The first-order valence-corrected chi connectivity index (χ1v) is 6.28. The van der Waals surface area contributed by atoms with E-state index in [-0.39, 0.29) is 0 Å². The van der Waals surface area contributed by atoms with E-state index in [0.29, 0.717) is 6.54 Å². The fraction of sp³-hybridized carbons (Fsp3) is 0.200. The molecule has 0 saturated carbocycles. The van der Waals surface area contributed by atoms with Crippen molar-refractivity contribution in [3.63, 3.8) is 0 Å². The molecule has 0 aliphatic rings. The molecule has 2 N–H and O–H groups in total. The molecule has 0 bridgehead atoms. The Morgan fingerprint density at radius 1 is 1.15 bits per heavy atom. The number of hydrogen-bond acceptors (Lipinski definition) is 3. The number of pyridine rings is 1. The van der Waals surface area contributed by atoms with E-state index in [4.69, 9.17) is 5.11 Å². The number of carboxylic acid groups (broad SMARTS) is 1. The Kier molecular flexibility index (Phi) is 4.20. The van der Waals surface area contributed by atoms with E-state index in [1.807, 2.05) is 30.3 Å². The summed E-state index contributed by atoms with van der Waals surface area (Å²) in [5.41, 5.74) is -0.0715. The van der Waals surface area contributed by atoms with Crippen LogP contribution in [0.25, 0.3) is 0 Å². The number of rotatable bonds is 5. The molecule has 2 rings (SSSR count). The smallest absolute Gasteiger partial charge is 0.341 e. The van der Waals surface area contributed by atoms with Crippen molar-refractivity contribution in [3.05, 3.63) is 64.1 Å². The van der Waals surface area contributed by atoms with Crippen LogP contribution in [0.15, 0.2) is 47.5 Å². The Hall–Kier alpha value is -2.56. The quantitative estimate of drug-likeness (QED) is 0.871. The first-order chi connectivity index (χ1) is 9.58. The molecule has 104 valence electrons. The standard InChI is InChI=1S/C15H15NO4/c17-13-10-16(9-12(14(13)18)15(19)20)8-4-7-11-5-2-1-3-6-11/h1-3,5-6,9-10,17H,4,7-8H2,(H,19,20). The zero-order valence-electron chi connectivity index (χ0n) is 10.8. The van der Waals surface area contributed by atoms with Crippen LogP contribution in [0.2, 0.25) is 0 Å². The molecule has 0 spiro atoms. The van der Waals surface area contributed by atoms with E-state index in [1.165, 1.54) is 22.5 Å². The minimum absolute atomic E-state index is 0.412. The third-order valence-corrected chi connectivity index (χ3v) is 3.02. The van der Waals surface area contributed by atoms with E-state index in [0.717, 1.165) is 12.8 Å². The van der Waals surface area contributed by atoms with Gasteiger partial charge in [-0.05, 0) is 18.4 Å². The Morgan fingerprint density at radius 3 is 2.50 bits per heavy atom. The number of carboxylic acids is 1. The summed E-state index contributed by atoms with van der Waals surface area (Å²) in [5, 5.41) is 18.3. The Balaban J connectivity index is 2.07. The van der Waals surface area contributed by atoms with Crippen LogP contribution in [0.5, 0.6) is 5.75 Å². The van der Waals surface area contributed by atoms with Crippen LogP contribution in [0.1, 0.15) is 22.3 Å². The van der Waals surface area contributed by atoms with Crippen LogP contribution in [-0.2, 0) is 13.0 Å². The molecule has 0 unspecified atom stereocenters. The maximum absolute atomic E-state index is 11.4. The number of hydrogen-bond donors (Lipinski definition) is 2. The molecule has 5 nitrogen and oxygen atoms in total. The zero-order valence-corrected chi connectivity index (χ0v) is 10.8. The summed E-state index contributed by atoms with van der Waals surface area (Å²) in [4.78, 5) is 22.3. The third kappa shape index (κ3) is 3.26. The number of carbonyl (C=O) groups is 1. The molecule has 0 amide bonds. The van der Waals surface area contributed by atoms with Crippen LogP contribution in [0, 0.1) is 0 Å². The highest BCUT2D eigenvalue weighted by Crippen LogP contribution is 2.07. The summed E-state index contributed by atoms with van der Waals surface area (Å²) in [6.07, 6.45) is 4.15. The van der Waals surface area contributed by atoms with Gasteiger partial charge in [0.15, 0.2) is 5.75 Å². The molecule has 0 aliphatic carbocycles. The van der Waals surface area contributed by atoms with Gasteiger partial charge in [0.2, 0.25) is 5.43 Å². The molecule has 0 radical (unpaired) electrons. The number of aromatic hydroxyl groups is 1. The first-order valence-electron chi connectivity index (χ1n) is 6.28. The van der Waals surface area contributed by atoms with Crippen molar-refractivity contribution >= 4 is 5.97 Å². The summed E-state index contributed by atoms with van der Waals surface area (Å²) in [5.74, 6) is -1.87. The molecule has 0 atom stereocenters. The predicted octanol–water partition coefficient (Wildman–Crippen LogP) is 1.88. The summed E-state index contributed by atoms with van der Waals surface area (Å²) >= 11 is 0. The van der Waals surface area contributed by atoms with E-state index in [1.54, 1.807) is 0 Å². The third-order valence-electron chi connectivity index (χ3n) is 3.02. The second kappa shape index (κ2) is 6.06. The van der Waals surface area contributed by atoms with Crippen molar-refractivity contribution in [2.45, 2.75) is 19.4 Å². The SMILES string of the molecule is O=C(O)c1cn(CCCc2ccccc2)cc(O)c1=O. The van der Waals surface area contributed by atoms with Gasteiger partial charge in [0.25, 0.3) is 0 Å². The number of aromatic nitrogens is 1. The highest BCUT2D eigenvalue weighted by Gasteiger charge is 2.12. The second-order valence-corrected chi connectivity index (χ2v) is 4.52. The van der Waals surface area contributed by atoms with Crippen molar-refractivity contribution in [3.8, 4) is 5.75 Å². The van der Waals surface area contributed by atoms with Gasteiger partial charge in [-0.1, -0.05) is 30.3 Å². The number of benzene rings is 1. The minimum Gasteiger partial charge on any atom is -0.503 e. The lowest BCUT2D eigenvalue weighted by Gasteiger charge is -2.08. The molecule has 20 heavy (non-hydrogen) atoms. The maximum atomic E-state index is 11.4. The molecule has 1 heterocycles. The molecule has 1 aromatic heterocycles. The van der Waals surface area contributed by atoms with Gasteiger partial charge < -0.3 is 14.8 Å². The van der Waals surface area contributed by atoms with E-state index < -0.39 is 22.7 Å². The molecule has 1 aromatic carbocycles. The second-order valence-electron chi connectivity index (χ2n) is 4.52. The largest absolute Gasteiger partial charge is 0.503 e. The fourth-order valence-electron chi connectivity index (χ4n) is 2.01. The Morgan fingerprint density at radius 2 is 1.85 bits per heavy atom. The fourth-order valence-corrected chi connectivity index (χ4v) is 2.01. The van der Waals surface area contributed by atoms with Crippen molar-refractivity contribution in [2.24, 2.45) is 0 Å². The zero-order chi connectivity index (χ0) is 14.5. The number of aromatic carboxylic acids is 1. The molecule has 2 aromatic rings. The van der Waals surface area contributed by atoms with Crippen LogP contribution >= 0.6 is 0 Å². The van der Waals surface area contributed by atoms with Crippen molar-refractivity contribution in [1.29, 1.82) is 0 Å². The molecule has 0 aliphatic heterocycles. The predicted molar refractivity (Wildman–Crippen MR) is 74.1 cm³/mol. The molecular weight excluding hydrogens is 258 g/mol. The van der Waals surface area contributed by atoms with Crippen molar-refractivity contribution < 1.29 is 15.0 Å². The van der Waals surface area contributed by atoms with E-state index >= 15 is 0 Å². The van der Waals surface area contributed by atoms with Gasteiger partial charge in [0.05, 0.1) is 0 Å². The van der Waals surface area contributed by atoms with Crippen LogP contribution < -0.4 is 5.43 Å². The normalized spacial score (nSPS) is 10.4. The van der Waals surface area contributed by atoms with Crippen LogP contribution in [-0.4, -0.2) is 20.7 Å². The minimum atomic E-state index is -1.33. The highest BCUT2D eigenvalue weighted by atomic mass is 16.4. The van der Waals surface area contributed by atoms with Gasteiger partial charge in [-0.3, -0.25) is 4.79 Å². The van der Waals surface area contributed by atoms with Crippen LogP contribution in [0.4, 0.5) is 0 Å². The average Bonchev–Trinajstić information content (AvgIpc) is 2.43. The summed E-state index contributed by atoms with van der Waals surface area (Å²) in [6, 6.07) is 9.91. The Bertz CT molecular complexity index is 661. The maximum Gasteiger partial charge on any atom is 0.341 e. The van der Waals surface area contributed by atoms with Gasteiger partial charge in [-0.2, -0.15) is 0 Å².